The van der Waals surface area contributed by atoms with E-state index in [2.05, 4.69) is 0 Å². The zero-order valence-corrected chi connectivity index (χ0v) is 9.49. The van der Waals surface area contributed by atoms with E-state index >= 15 is 0 Å². The van der Waals surface area contributed by atoms with Gasteiger partial charge >= 0.3 is 7.28 Å². The molecule has 0 spiro atoms. The summed E-state index contributed by atoms with van der Waals surface area (Å²) < 4.78 is 10.2. The Morgan fingerprint density at radius 3 is 2.67 bits per heavy atom. The van der Waals surface area contributed by atoms with Crippen LogP contribution in [-0.4, -0.2) is 37.8 Å². The van der Waals surface area contributed by atoms with Gasteiger partial charge in [0.2, 0.25) is 0 Å². The third kappa shape index (κ3) is 8.14. The molecule has 86 valence electrons. The molecule has 0 aromatic heterocycles. The van der Waals surface area contributed by atoms with Gasteiger partial charge in [-0.15, -0.1) is 0 Å². The number of nitrogens with two attached hydrogens (primary N) is 1. The molecule has 0 rings (SSSR count). The van der Waals surface area contributed by atoms with E-state index in [9.17, 15) is 9.59 Å². The molecule has 0 fully saturated rings. The van der Waals surface area contributed by atoms with Crippen LogP contribution in [0.1, 0.15) is 27.2 Å². The largest absolute Gasteiger partial charge is 0.467 e. The molecule has 6 heteroatoms. The Hall–Kier alpha value is -0.875. The second-order valence-corrected chi connectivity index (χ2v) is 3.93. The number of ether oxygens (including phenoxy) is 2. The third-order valence-corrected chi connectivity index (χ3v) is 1.72. The summed E-state index contributed by atoms with van der Waals surface area (Å²) in [5, 5.41) is 0. The van der Waals surface area contributed by atoms with Crippen LogP contribution in [0.5, 0.6) is 0 Å². The Morgan fingerprint density at radius 2 is 2.20 bits per heavy atom. The summed E-state index contributed by atoms with van der Waals surface area (Å²) in [6.45, 7) is 5.67. The lowest BCUT2D eigenvalue weighted by Crippen LogP contribution is -2.32. The predicted octanol–water partition coefficient (Wildman–Crippen LogP) is 0.240. The van der Waals surface area contributed by atoms with Gasteiger partial charge in [0.15, 0.2) is 0 Å². The standard InChI is InChI=1S/C9H18BNO4/c1-7(11)14-5-4-9(2,3)15-8(13)10-6-12/h6-7,10H,4-5,11H2,1-3H3. The molecule has 0 aliphatic heterocycles. The summed E-state index contributed by atoms with van der Waals surface area (Å²) in [4.78, 5) is 21.1. The van der Waals surface area contributed by atoms with Crippen LogP contribution in [-0.2, 0) is 14.3 Å². The Kier molecular flexibility index (Phi) is 6.20. The molecule has 5 nitrogen and oxygen atoms in total. The van der Waals surface area contributed by atoms with Gasteiger partial charge in [0.1, 0.15) is 11.8 Å². The molecule has 0 aromatic rings. The molecule has 0 amide bonds. The molecule has 1 unspecified atom stereocenters. The minimum atomic E-state index is -0.630. The van der Waals surface area contributed by atoms with E-state index in [1.165, 1.54) is 0 Å². The molecule has 0 aliphatic carbocycles. The van der Waals surface area contributed by atoms with Gasteiger partial charge in [-0.25, -0.2) is 0 Å². The lowest BCUT2D eigenvalue weighted by molar-refractivity contribution is 0.00154. The molecule has 0 saturated carbocycles. The van der Waals surface area contributed by atoms with E-state index in [1.54, 1.807) is 20.8 Å². The summed E-state index contributed by atoms with van der Waals surface area (Å²) in [5.41, 5.74) is 4.76. The van der Waals surface area contributed by atoms with E-state index in [0.29, 0.717) is 19.2 Å². The van der Waals surface area contributed by atoms with Gasteiger partial charge in [-0.1, -0.05) is 0 Å². The summed E-state index contributed by atoms with van der Waals surface area (Å²) >= 11 is 0. The van der Waals surface area contributed by atoms with Gasteiger partial charge in [-0.05, 0) is 20.8 Å². The van der Waals surface area contributed by atoms with Crippen molar-refractivity contribution in [2.75, 3.05) is 6.61 Å². The molecule has 0 aliphatic rings. The van der Waals surface area contributed by atoms with Crippen LogP contribution in [0.4, 0.5) is 4.79 Å². The van der Waals surface area contributed by atoms with E-state index in [0.717, 1.165) is 0 Å². The van der Waals surface area contributed by atoms with Crippen molar-refractivity contribution in [2.45, 2.75) is 39.0 Å². The molecule has 0 bridgehead atoms. The Bertz CT molecular complexity index is 218. The molecule has 0 saturated heterocycles. The zero-order chi connectivity index (χ0) is 11.9. The topological polar surface area (TPSA) is 78.6 Å². The van der Waals surface area contributed by atoms with E-state index in [4.69, 9.17) is 15.2 Å². The first-order valence-electron chi connectivity index (χ1n) is 4.90. The fourth-order valence-electron chi connectivity index (χ4n) is 0.960. The Morgan fingerprint density at radius 1 is 1.60 bits per heavy atom. The smallest absolute Gasteiger partial charge is 0.334 e. The zero-order valence-electron chi connectivity index (χ0n) is 9.49. The lowest BCUT2D eigenvalue weighted by atomic mass is 9.82. The van der Waals surface area contributed by atoms with Gasteiger partial charge in [-0.2, -0.15) is 0 Å². The first-order valence-corrected chi connectivity index (χ1v) is 4.90. The summed E-state index contributed by atoms with van der Waals surface area (Å²) in [5.74, 6) is -0.518. The van der Waals surface area contributed by atoms with E-state index < -0.39 is 11.5 Å². The third-order valence-electron chi connectivity index (χ3n) is 1.72. The molecule has 2 N–H and O–H groups in total. The monoisotopic (exact) mass is 215 g/mol. The summed E-state index contributed by atoms with van der Waals surface area (Å²) in [7, 11) is -0.211. The van der Waals surface area contributed by atoms with Gasteiger partial charge < -0.3 is 20.0 Å². The SMILES string of the molecule is CC(N)OCCC(C)(C)OC(=O)BC=O. The second kappa shape index (κ2) is 6.58. The van der Waals surface area contributed by atoms with Gasteiger partial charge in [0.25, 0.3) is 5.87 Å². The van der Waals surface area contributed by atoms with Gasteiger partial charge in [0.05, 0.1) is 12.8 Å². The molecule has 0 aromatic carbocycles. The van der Waals surface area contributed by atoms with Gasteiger partial charge in [-0.3, -0.25) is 4.79 Å². The van der Waals surface area contributed by atoms with Crippen LogP contribution in [0.3, 0.4) is 0 Å². The minimum absolute atomic E-state index is 0.211. The van der Waals surface area contributed by atoms with Crippen LogP contribution in [0.25, 0.3) is 0 Å². The number of carbonyl (C=O) groups is 2. The normalized spacial score (nSPS) is 13.1. The molecular formula is C9H18BNO4. The highest BCUT2D eigenvalue weighted by molar-refractivity contribution is 6.91. The fraction of sp³-hybridized carbons (Fsp3) is 0.778. The highest BCUT2D eigenvalue weighted by atomic mass is 16.6. The van der Waals surface area contributed by atoms with Crippen molar-refractivity contribution in [2.24, 2.45) is 5.73 Å². The average Bonchev–Trinajstić information content (AvgIpc) is 2.01. The van der Waals surface area contributed by atoms with Crippen molar-refractivity contribution >= 4 is 19.3 Å². The summed E-state index contributed by atoms with van der Waals surface area (Å²) in [6.07, 6.45) is 0.738. The minimum Gasteiger partial charge on any atom is -0.467 e. The van der Waals surface area contributed by atoms with Crippen LogP contribution in [0.2, 0.25) is 0 Å². The first kappa shape index (κ1) is 14.1. The highest BCUT2D eigenvalue weighted by Gasteiger charge is 2.22. The van der Waals surface area contributed by atoms with E-state index in [1.807, 2.05) is 0 Å². The maximum absolute atomic E-state index is 11.0. The van der Waals surface area contributed by atoms with E-state index in [-0.39, 0.29) is 13.5 Å². The highest BCUT2D eigenvalue weighted by Crippen LogP contribution is 2.14. The van der Waals surface area contributed by atoms with Crippen LogP contribution >= 0.6 is 0 Å². The maximum atomic E-state index is 11.0. The van der Waals surface area contributed by atoms with Crippen molar-refractivity contribution in [3.8, 4) is 0 Å². The van der Waals surface area contributed by atoms with Crippen molar-refractivity contribution in [3.05, 3.63) is 0 Å². The molecular weight excluding hydrogens is 197 g/mol. The molecule has 0 heterocycles. The van der Waals surface area contributed by atoms with Crippen LogP contribution in [0, 0.1) is 0 Å². The second-order valence-electron chi connectivity index (χ2n) is 3.93. The number of carbonyl (C=O) groups excluding carboxylic acids is 2. The first-order chi connectivity index (χ1) is 6.87. The molecule has 15 heavy (non-hydrogen) atoms. The number of rotatable bonds is 7. The lowest BCUT2D eigenvalue weighted by Gasteiger charge is -2.25. The summed E-state index contributed by atoms with van der Waals surface area (Å²) in [6, 6.07) is 0. The maximum Gasteiger partial charge on any atom is 0.334 e. The Labute approximate surface area is 90.5 Å². The Balaban J connectivity index is 3.85. The fourth-order valence-corrected chi connectivity index (χ4v) is 0.960. The van der Waals surface area contributed by atoms with Crippen molar-refractivity contribution in [3.63, 3.8) is 0 Å². The number of hydrogen-bond donors (Lipinski definition) is 1. The predicted molar refractivity (Wildman–Crippen MR) is 58.7 cm³/mol. The average molecular weight is 215 g/mol. The van der Waals surface area contributed by atoms with Crippen molar-refractivity contribution in [1.29, 1.82) is 0 Å². The van der Waals surface area contributed by atoms with Gasteiger partial charge in [0, 0.05) is 6.42 Å². The molecule has 1 atom stereocenters. The van der Waals surface area contributed by atoms with Crippen LogP contribution in [0.15, 0.2) is 0 Å². The quantitative estimate of drug-likeness (QED) is 0.374. The van der Waals surface area contributed by atoms with Crippen molar-refractivity contribution < 1.29 is 19.1 Å². The van der Waals surface area contributed by atoms with Crippen molar-refractivity contribution in [1.82, 2.24) is 0 Å². The van der Waals surface area contributed by atoms with Crippen LogP contribution < -0.4 is 5.73 Å². The molecule has 0 radical (unpaired) electrons. The number of hydrogen-bond acceptors (Lipinski definition) is 5.